The third-order valence-corrected chi connectivity index (χ3v) is 8.02. The smallest absolute Gasteiger partial charge is 0.305 e. The van der Waals surface area contributed by atoms with Gasteiger partial charge in [-0.2, -0.15) is 13.2 Å². The highest BCUT2D eigenvalue weighted by Gasteiger charge is 2.55. The van der Waals surface area contributed by atoms with Crippen molar-refractivity contribution in [2.24, 2.45) is 4.99 Å². The number of amides is 3. The normalized spacial score (nSPS) is 17.0. The van der Waals surface area contributed by atoms with E-state index in [2.05, 4.69) is 11.7 Å². The standard InChI is InChI=1S/C34H29ClF3N3O2/c1-33(20-24-12-15-28(35)16-13-24)31(42)41(29-17-14-26(21-39-2)30(19-29)34(36,37)38)32(43)40(33)22-27-11-7-6-10-25(27)18-23-8-4-3-5-9-23/h3-17,19H,2,18,20-22H2,1H3. The molecule has 4 aromatic rings. The van der Waals surface area contributed by atoms with Crippen LogP contribution < -0.4 is 4.90 Å². The zero-order valence-corrected chi connectivity index (χ0v) is 24.2. The molecule has 5 rings (SSSR count). The summed E-state index contributed by atoms with van der Waals surface area (Å²) in [6, 6.07) is 27.2. The third kappa shape index (κ3) is 6.20. The highest BCUT2D eigenvalue weighted by atomic mass is 35.5. The van der Waals surface area contributed by atoms with Gasteiger partial charge in [-0.15, -0.1) is 0 Å². The molecule has 0 bridgehead atoms. The van der Waals surface area contributed by atoms with Gasteiger partial charge in [-0.3, -0.25) is 9.79 Å². The largest absolute Gasteiger partial charge is 0.416 e. The topological polar surface area (TPSA) is 53.0 Å². The third-order valence-electron chi connectivity index (χ3n) is 7.77. The number of urea groups is 1. The lowest BCUT2D eigenvalue weighted by Gasteiger charge is -2.32. The van der Waals surface area contributed by atoms with E-state index in [1.165, 1.54) is 17.0 Å². The molecule has 1 aliphatic rings. The van der Waals surface area contributed by atoms with E-state index in [1.807, 2.05) is 54.6 Å². The maximum absolute atomic E-state index is 14.2. The molecular weight excluding hydrogens is 575 g/mol. The SMILES string of the molecule is C=NCc1ccc(N2C(=O)N(Cc3ccccc3Cc3ccccc3)C(C)(Cc3ccc(Cl)cc3)C2=O)cc1C(F)(F)F. The van der Waals surface area contributed by atoms with E-state index in [9.17, 15) is 22.8 Å². The molecule has 0 spiro atoms. The Kier molecular flexibility index (Phi) is 8.42. The van der Waals surface area contributed by atoms with Gasteiger partial charge in [-0.25, -0.2) is 9.69 Å². The molecular formula is C34H29ClF3N3O2. The van der Waals surface area contributed by atoms with Gasteiger partial charge in [0.2, 0.25) is 0 Å². The summed E-state index contributed by atoms with van der Waals surface area (Å²) in [7, 11) is 0. The van der Waals surface area contributed by atoms with Crippen molar-refractivity contribution in [3.63, 3.8) is 0 Å². The second kappa shape index (κ2) is 12.1. The van der Waals surface area contributed by atoms with Gasteiger partial charge in [0.25, 0.3) is 5.91 Å². The summed E-state index contributed by atoms with van der Waals surface area (Å²) in [5.74, 6) is -0.615. The van der Waals surface area contributed by atoms with Crippen LogP contribution in [0.4, 0.5) is 23.7 Å². The minimum absolute atomic E-state index is 0.0821. The summed E-state index contributed by atoms with van der Waals surface area (Å²) in [5.41, 5.74) is 1.02. The minimum Gasteiger partial charge on any atom is -0.305 e. The highest BCUT2D eigenvalue weighted by Crippen LogP contribution is 2.40. The van der Waals surface area contributed by atoms with Gasteiger partial charge >= 0.3 is 12.2 Å². The molecule has 220 valence electrons. The van der Waals surface area contributed by atoms with E-state index in [1.54, 1.807) is 31.2 Å². The molecule has 9 heteroatoms. The average Bonchev–Trinajstić information content (AvgIpc) is 3.15. The Hall–Kier alpha value is -4.43. The molecule has 1 fully saturated rings. The number of aliphatic imine (C=N–C) groups is 1. The van der Waals surface area contributed by atoms with Crippen molar-refractivity contribution in [2.75, 3.05) is 4.90 Å². The van der Waals surface area contributed by atoms with Crippen LogP contribution >= 0.6 is 11.6 Å². The molecule has 3 amide bonds. The molecule has 1 aliphatic heterocycles. The number of anilines is 1. The molecule has 0 N–H and O–H groups in total. The zero-order chi connectivity index (χ0) is 30.8. The van der Waals surface area contributed by atoms with Gasteiger partial charge < -0.3 is 4.90 Å². The Morgan fingerprint density at radius 2 is 1.49 bits per heavy atom. The lowest BCUT2D eigenvalue weighted by Crippen LogP contribution is -2.48. The molecule has 0 aromatic heterocycles. The molecule has 0 radical (unpaired) electrons. The van der Waals surface area contributed by atoms with Crippen LogP contribution in [0.3, 0.4) is 0 Å². The van der Waals surface area contributed by atoms with E-state index < -0.39 is 29.2 Å². The number of halogens is 4. The first-order valence-corrected chi connectivity index (χ1v) is 14.0. The number of hydrogen-bond donors (Lipinski definition) is 0. The molecule has 5 nitrogen and oxygen atoms in total. The number of rotatable bonds is 9. The van der Waals surface area contributed by atoms with Crippen molar-refractivity contribution in [1.29, 1.82) is 0 Å². The molecule has 4 aromatic carbocycles. The number of imide groups is 1. The van der Waals surface area contributed by atoms with Crippen LogP contribution in [-0.4, -0.2) is 29.1 Å². The van der Waals surface area contributed by atoms with Gasteiger partial charge in [0.15, 0.2) is 0 Å². The van der Waals surface area contributed by atoms with Crippen LogP contribution in [0.15, 0.2) is 102 Å². The molecule has 43 heavy (non-hydrogen) atoms. The van der Waals surface area contributed by atoms with Crippen molar-refractivity contribution < 1.29 is 22.8 Å². The number of hydrogen-bond acceptors (Lipinski definition) is 3. The predicted molar refractivity (Wildman–Crippen MR) is 162 cm³/mol. The van der Waals surface area contributed by atoms with E-state index in [4.69, 9.17) is 11.6 Å². The van der Waals surface area contributed by atoms with Crippen molar-refractivity contribution in [3.05, 3.63) is 135 Å². The van der Waals surface area contributed by atoms with Crippen molar-refractivity contribution in [2.45, 2.75) is 44.6 Å². The summed E-state index contributed by atoms with van der Waals surface area (Å²) in [6.45, 7) is 4.78. The summed E-state index contributed by atoms with van der Waals surface area (Å²) in [6.07, 6.45) is -3.97. The average molecular weight is 604 g/mol. The Morgan fingerprint density at radius 3 is 2.14 bits per heavy atom. The van der Waals surface area contributed by atoms with Gasteiger partial charge in [0.05, 0.1) is 17.8 Å². The van der Waals surface area contributed by atoms with Crippen LogP contribution in [-0.2, 0) is 36.9 Å². The van der Waals surface area contributed by atoms with Gasteiger partial charge in [0.1, 0.15) is 5.54 Å². The first-order chi connectivity index (χ1) is 20.5. The monoisotopic (exact) mass is 603 g/mol. The summed E-state index contributed by atoms with van der Waals surface area (Å²) in [4.78, 5) is 34.2. The molecule has 1 saturated heterocycles. The van der Waals surface area contributed by atoms with Crippen LogP contribution in [0.25, 0.3) is 0 Å². The maximum atomic E-state index is 14.2. The fourth-order valence-electron chi connectivity index (χ4n) is 5.51. The van der Waals surface area contributed by atoms with Gasteiger partial charge in [-0.05, 0) is 72.1 Å². The predicted octanol–water partition coefficient (Wildman–Crippen LogP) is 8.12. The van der Waals surface area contributed by atoms with E-state index >= 15 is 0 Å². The van der Waals surface area contributed by atoms with Crippen LogP contribution in [0.5, 0.6) is 0 Å². The fourth-order valence-corrected chi connectivity index (χ4v) is 5.64. The van der Waals surface area contributed by atoms with E-state index in [0.29, 0.717) is 11.4 Å². The first-order valence-electron chi connectivity index (χ1n) is 13.6. The quantitative estimate of drug-likeness (QED) is 0.143. The van der Waals surface area contributed by atoms with E-state index in [0.717, 1.165) is 33.2 Å². The maximum Gasteiger partial charge on any atom is 0.416 e. The number of alkyl halides is 3. The zero-order valence-electron chi connectivity index (χ0n) is 23.4. The van der Waals surface area contributed by atoms with Crippen molar-refractivity contribution in [3.8, 4) is 0 Å². The van der Waals surface area contributed by atoms with Crippen LogP contribution in [0.2, 0.25) is 5.02 Å². The lowest BCUT2D eigenvalue weighted by atomic mass is 9.90. The Labute approximate surface area is 253 Å². The first kappa shape index (κ1) is 30.0. The fraction of sp³-hybridized carbons (Fsp3) is 0.206. The van der Waals surface area contributed by atoms with E-state index in [-0.39, 0.29) is 30.8 Å². The number of benzene rings is 4. The minimum atomic E-state index is -4.72. The Bertz CT molecular complexity index is 1660. The summed E-state index contributed by atoms with van der Waals surface area (Å²) >= 11 is 6.08. The van der Waals surface area contributed by atoms with Crippen LogP contribution in [0, 0.1) is 0 Å². The molecule has 1 unspecified atom stereocenters. The van der Waals surface area contributed by atoms with Gasteiger partial charge in [0, 0.05) is 18.0 Å². The summed E-state index contributed by atoms with van der Waals surface area (Å²) < 4.78 is 42.1. The number of carbonyl (C=O) groups excluding carboxylic acids is 2. The number of nitrogens with zero attached hydrogens (tertiary/aromatic N) is 3. The molecule has 1 atom stereocenters. The molecule has 0 aliphatic carbocycles. The Morgan fingerprint density at radius 1 is 0.837 bits per heavy atom. The second-order valence-electron chi connectivity index (χ2n) is 10.7. The van der Waals surface area contributed by atoms with Crippen molar-refractivity contribution in [1.82, 2.24) is 4.90 Å². The molecule has 0 saturated carbocycles. The number of carbonyl (C=O) groups is 2. The summed E-state index contributed by atoms with van der Waals surface area (Å²) in [5, 5.41) is 0.518. The second-order valence-corrected chi connectivity index (χ2v) is 11.2. The van der Waals surface area contributed by atoms with Crippen LogP contribution in [0.1, 0.15) is 40.3 Å². The van der Waals surface area contributed by atoms with Gasteiger partial charge in [-0.1, -0.05) is 84.4 Å². The Balaban J connectivity index is 1.57. The lowest BCUT2D eigenvalue weighted by molar-refractivity contribution is -0.138. The van der Waals surface area contributed by atoms with Crippen molar-refractivity contribution >= 4 is 35.9 Å². The molecule has 1 heterocycles. The highest BCUT2D eigenvalue weighted by molar-refractivity contribution is 6.30.